The Hall–Kier alpha value is -1.61. The number of aryl methyl sites for hydroxylation is 1. The standard InChI is InChI=1S/C17H23N3/c1-14(9-10-15-6-3-2-4-7-15)20-13-18-12-17(20)16-8-5-11-19-16/h2-4,6-7,12-14,16,19H,5,8-11H2,1H3/t14?,16-/m0/s1. The van der Waals surface area contributed by atoms with Crippen LogP contribution in [0.4, 0.5) is 0 Å². The molecule has 1 unspecified atom stereocenters. The molecule has 2 heterocycles. The Labute approximate surface area is 121 Å². The van der Waals surface area contributed by atoms with Crippen LogP contribution in [0.15, 0.2) is 42.9 Å². The van der Waals surface area contributed by atoms with Crippen LogP contribution in [0, 0.1) is 0 Å². The van der Waals surface area contributed by atoms with E-state index < -0.39 is 0 Å². The van der Waals surface area contributed by atoms with Crippen LogP contribution in [-0.2, 0) is 6.42 Å². The first-order valence-corrected chi connectivity index (χ1v) is 7.63. The van der Waals surface area contributed by atoms with Crippen molar-refractivity contribution >= 4 is 0 Å². The molecule has 20 heavy (non-hydrogen) atoms. The van der Waals surface area contributed by atoms with Crippen LogP contribution in [0.5, 0.6) is 0 Å². The number of nitrogens with one attached hydrogen (secondary N) is 1. The zero-order valence-corrected chi connectivity index (χ0v) is 12.1. The quantitative estimate of drug-likeness (QED) is 0.900. The van der Waals surface area contributed by atoms with Crippen molar-refractivity contribution in [3.8, 4) is 0 Å². The second-order valence-electron chi connectivity index (χ2n) is 5.75. The van der Waals surface area contributed by atoms with Crippen molar-refractivity contribution in [1.82, 2.24) is 14.9 Å². The van der Waals surface area contributed by atoms with Crippen molar-refractivity contribution in [1.29, 1.82) is 0 Å². The Bertz CT molecular complexity index is 526. The maximum atomic E-state index is 4.37. The third kappa shape index (κ3) is 2.93. The molecule has 2 aromatic rings. The van der Waals surface area contributed by atoms with Crippen LogP contribution in [0.25, 0.3) is 0 Å². The first-order valence-electron chi connectivity index (χ1n) is 7.63. The van der Waals surface area contributed by atoms with Crippen LogP contribution >= 0.6 is 0 Å². The fraction of sp³-hybridized carbons (Fsp3) is 0.471. The van der Waals surface area contributed by atoms with E-state index >= 15 is 0 Å². The summed E-state index contributed by atoms with van der Waals surface area (Å²) < 4.78 is 2.35. The smallest absolute Gasteiger partial charge is 0.0951 e. The lowest BCUT2D eigenvalue weighted by Gasteiger charge is -2.20. The molecule has 1 fully saturated rings. The van der Waals surface area contributed by atoms with Gasteiger partial charge in [0.2, 0.25) is 0 Å². The van der Waals surface area contributed by atoms with Crippen molar-refractivity contribution in [3.05, 3.63) is 54.1 Å². The van der Waals surface area contributed by atoms with Crippen LogP contribution < -0.4 is 5.32 Å². The van der Waals surface area contributed by atoms with Crippen molar-refractivity contribution in [3.63, 3.8) is 0 Å². The molecule has 0 radical (unpaired) electrons. The average Bonchev–Trinajstić information content (AvgIpc) is 3.15. The van der Waals surface area contributed by atoms with Gasteiger partial charge in [-0.1, -0.05) is 30.3 Å². The fourth-order valence-corrected chi connectivity index (χ4v) is 3.05. The molecule has 1 aliphatic heterocycles. The van der Waals surface area contributed by atoms with Crippen molar-refractivity contribution in [2.45, 2.75) is 44.7 Å². The monoisotopic (exact) mass is 269 g/mol. The third-order valence-electron chi connectivity index (χ3n) is 4.28. The maximum absolute atomic E-state index is 4.37. The third-order valence-corrected chi connectivity index (χ3v) is 4.28. The van der Waals surface area contributed by atoms with Gasteiger partial charge in [0.1, 0.15) is 0 Å². The largest absolute Gasteiger partial charge is 0.330 e. The molecular weight excluding hydrogens is 246 g/mol. The van der Waals surface area contributed by atoms with E-state index in [0.717, 1.165) is 19.4 Å². The predicted octanol–water partition coefficient (Wildman–Crippen LogP) is 3.50. The lowest BCUT2D eigenvalue weighted by molar-refractivity contribution is 0.465. The molecule has 0 aliphatic carbocycles. The summed E-state index contributed by atoms with van der Waals surface area (Å²) in [6, 6.07) is 11.7. The first-order chi connectivity index (χ1) is 9.84. The summed E-state index contributed by atoms with van der Waals surface area (Å²) in [5.41, 5.74) is 2.77. The van der Waals surface area contributed by atoms with E-state index in [4.69, 9.17) is 0 Å². The van der Waals surface area contributed by atoms with Gasteiger partial charge in [0.05, 0.1) is 12.0 Å². The molecule has 3 rings (SSSR count). The highest BCUT2D eigenvalue weighted by Crippen LogP contribution is 2.26. The molecule has 3 nitrogen and oxygen atoms in total. The van der Waals surface area contributed by atoms with E-state index in [1.165, 1.54) is 24.1 Å². The van der Waals surface area contributed by atoms with Crippen molar-refractivity contribution in [2.75, 3.05) is 6.54 Å². The van der Waals surface area contributed by atoms with Gasteiger partial charge in [-0.05, 0) is 44.7 Å². The van der Waals surface area contributed by atoms with Gasteiger partial charge in [0.15, 0.2) is 0 Å². The topological polar surface area (TPSA) is 29.9 Å². The van der Waals surface area contributed by atoms with Crippen LogP contribution in [0.2, 0.25) is 0 Å². The van der Waals surface area contributed by atoms with Crippen molar-refractivity contribution < 1.29 is 0 Å². The Morgan fingerprint density at radius 3 is 2.95 bits per heavy atom. The maximum Gasteiger partial charge on any atom is 0.0951 e. The lowest BCUT2D eigenvalue weighted by Crippen LogP contribution is -2.18. The number of benzene rings is 1. The van der Waals surface area contributed by atoms with E-state index in [9.17, 15) is 0 Å². The zero-order chi connectivity index (χ0) is 13.8. The van der Waals surface area contributed by atoms with Crippen LogP contribution in [0.3, 0.4) is 0 Å². The summed E-state index contributed by atoms with van der Waals surface area (Å²) in [7, 11) is 0. The number of imidazole rings is 1. The van der Waals surface area contributed by atoms with Gasteiger partial charge in [0.25, 0.3) is 0 Å². The highest BCUT2D eigenvalue weighted by molar-refractivity contribution is 5.15. The van der Waals surface area contributed by atoms with E-state index in [-0.39, 0.29) is 0 Å². The van der Waals surface area contributed by atoms with Gasteiger partial charge in [-0.15, -0.1) is 0 Å². The minimum absolute atomic E-state index is 0.495. The SMILES string of the molecule is CC(CCc1ccccc1)n1cncc1[C@@H]1CCCN1. The van der Waals surface area contributed by atoms with Gasteiger partial charge >= 0.3 is 0 Å². The number of hydrogen-bond acceptors (Lipinski definition) is 2. The first kappa shape index (κ1) is 13.4. The number of aromatic nitrogens is 2. The van der Waals surface area contributed by atoms with Crippen molar-refractivity contribution in [2.24, 2.45) is 0 Å². The lowest BCUT2D eigenvalue weighted by atomic mass is 10.1. The molecule has 1 aromatic heterocycles. The van der Waals surface area contributed by atoms with Crippen LogP contribution in [0.1, 0.15) is 49.5 Å². The summed E-state index contributed by atoms with van der Waals surface area (Å²) >= 11 is 0. The molecule has 0 saturated carbocycles. The van der Waals surface area contributed by atoms with Gasteiger partial charge in [-0.3, -0.25) is 0 Å². The average molecular weight is 269 g/mol. The molecule has 0 spiro atoms. The molecule has 1 N–H and O–H groups in total. The molecule has 0 amide bonds. The van der Waals surface area contributed by atoms with Gasteiger partial charge < -0.3 is 9.88 Å². The molecule has 1 aromatic carbocycles. The molecule has 3 heteroatoms. The summed E-state index contributed by atoms with van der Waals surface area (Å²) in [4.78, 5) is 4.37. The molecule has 2 atom stereocenters. The number of nitrogens with zero attached hydrogens (tertiary/aromatic N) is 2. The van der Waals surface area contributed by atoms with Gasteiger partial charge in [-0.2, -0.15) is 0 Å². The summed E-state index contributed by atoms with van der Waals surface area (Å²) in [6.07, 6.45) is 8.80. The fourth-order valence-electron chi connectivity index (χ4n) is 3.05. The Balaban J connectivity index is 1.65. The second-order valence-corrected chi connectivity index (χ2v) is 5.75. The van der Waals surface area contributed by atoms with Gasteiger partial charge in [0, 0.05) is 18.3 Å². The zero-order valence-electron chi connectivity index (χ0n) is 12.1. The number of hydrogen-bond donors (Lipinski definition) is 1. The highest BCUT2D eigenvalue weighted by atomic mass is 15.1. The van der Waals surface area contributed by atoms with E-state index in [1.807, 2.05) is 12.5 Å². The van der Waals surface area contributed by atoms with E-state index in [0.29, 0.717) is 12.1 Å². The Morgan fingerprint density at radius 2 is 2.20 bits per heavy atom. The molecular formula is C17H23N3. The van der Waals surface area contributed by atoms with Crippen LogP contribution in [-0.4, -0.2) is 16.1 Å². The van der Waals surface area contributed by atoms with Gasteiger partial charge in [-0.25, -0.2) is 4.98 Å². The Morgan fingerprint density at radius 1 is 1.35 bits per heavy atom. The summed E-state index contributed by atoms with van der Waals surface area (Å²) in [6.45, 7) is 3.43. The highest BCUT2D eigenvalue weighted by Gasteiger charge is 2.21. The second kappa shape index (κ2) is 6.23. The molecule has 106 valence electrons. The Kier molecular flexibility index (Phi) is 4.16. The normalized spacial score (nSPS) is 20.1. The minimum Gasteiger partial charge on any atom is -0.330 e. The van der Waals surface area contributed by atoms with E-state index in [2.05, 4.69) is 52.1 Å². The molecule has 1 saturated heterocycles. The predicted molar refractivity (Wildman–Crippen MR) is 81.7 cm³/mol. The minimum atomic E-state index is 0.495. The summed E-state index contributed by atoms with van der Waals surface area (Å²) in [5.74, 6) is 0. The summed E-state index contributed by atoms with van der Waals surface area (Å²) in [5, 5.41) is 3.57. The molecule has 0 bridgehead atoms. The van der Waals surface area contributed by atoms with E-state index in [1.54, 1.807) is 0 Å². The number of rotatable bonds is 5. The molecule has 1 aliphatic rings.